The highest BCUT2D eigenvalue weighted by atomic mass is 35.5. The van der Waals surface area contributed by atoms with Gasteiger partial charge in [0.2, 0.25) is 0 Å². The van der Waals surface area contributed by atoms with E-state index >= 15 is 0 Å². The van der Waals surface area contributed by atoms with Gasteiger partial charge in [-0.3, -0.25) is 0 Å². The van der Waals surface area contributed by atoms with E-state index in [9.17, 15) is 18.0 Å². The number of amides is 2. The van der Waals surface area contributed by atoms with Crippen molar-refractivity contribution in [3.63, 3.8) is 0 Å². The van der Waals surface area contributed by atoms with Gasteiger partial charge in [-0.2, -0.15) is 13.2 Å². The Labute approximate surface area is 150 Å². The summed E-state index contributed by atoms with van der Waals surface area (Å²) in [6, 6.07) is 3.20. The van der Waals surface area contributed by atoms with Crippen LogP contribution < -0.4 is 10.2 Å². The van der Waals surface area contributed by atoms with Crippen LogP contribution in [0.15, 0.2) is 18.2 Å². The van der Waals surface area contributed by atoms with E-state index in [0.29, 0.717) is 38.4 Å². The number of rotatable bonds is 5. The SMILES string of the molecule is CCCCCNC(=O)N1CCN(c2cc(C(F)(F)F)ccc2Cl)CC1. The largest absolute Gasteiger partial charge is 0.416 e. The Kier molecular flexibility index (Phi) is 6.81. The minimum atomic E-state index is -4.40. The van der Waals surface area contributed by atoms with E-state index in [1.165, 1.54) is 6.07 Å². The summed E-state index contributed by atoms with van der Waals surface area (Å²) in [7, 11) is 0. The Bertz CT molecular complexity index is 587. The molecule has 0 spiro atoms. The van der Waals surface area contributed by atoms with E-state index in [1.54, 1.807) is 9.80 Å². The number of alkyl halides is 3. The average molecular weight is 378 g/mol. The fraction of sp³-hybridized carbons (Fsp3) is 0.588. The maximum absolute atomic E-state index is 12.9. The highest BCUT2D eigenvalue weighted by molar-refractivity contribution is 6.33. The van der Waals surface area contributed by atoms with Gasteiger partial charge >= 0.3 is 12.2 Å². The summed E-state index contributed by atoms with van der Waals surface area (Å²) in [5.41, 5.74) is -0.359. The molecule has 0 aromatic heterocycles. The fourth-order valence-electron chi connectivity index (χ4n) is 2.76. The molecule has 1 aromatic carbocycles. The van der Waals surface area contributed by atoms with E-state index in [2.05, 4.69) is 12.2 Å². The summed E-state index contributed by atoms with van der Waals surface area (Å²) < 4.78 is 38.7. The van der Waals surface area contributed by atoms with Gasteiger partial charge in [0.05, 0.1) is 16.3 Å². The molecule has 4 nitrogen and oxygen atoms in total. The zero-order chi connectivity index (χ0) is 18.4. The smallest absolute Gasteiger partial charge is 0.367 e. The van der Waals surface area contributed by atoms with Crippen LogP contribution in [0.4, 0.5) is 23.7 Å². The fourth-order valence-corrected chi connectivity index (χ4v) is 3.00. The van der Waals surface area contributed by atoms with E-state index < -0.39 is 11.7 Å². The first-order valence-corrected chi connectivity index (χ1v) is 8.85. The second-order valence-corrected chi connectivity index (χ2v) is 6.48. The Morgan fingerprint density at radius 2 is 1.88 bits per heavy atom. The Morgan fingerprint density at radius 3 is 2.48 bits per heavy atom. The molecule has 1 N–H and O–H groups in total. The maximum Gasteiger partial charge on any atom is 0.416 e. The quantitative estimate of drug-likeness (QED) is 0.773. The third kappa shape index (κ3) is 5.42. The third-order valence-corrected chi connectivity index (χ3v) is 4.56. The molecule has 1 saturated heterocycles. The summed E-state index contributed by atoms with van der Waals surface area (Å²) in [5.74, 6) is 0. The molecule has 0 atom stereocenters. The first kappa shape index (κ1) is 19.7. The predicted octanol–water partition coefficient (Wildman–Crippen LogP) is 4.38. The van der Waals surface area contributed by atoms with Crippen molar-refractivity contribution in [1.29, 1.82) is 0 Å². The monoisotopic (exact) mass is 377 g/mol. The van der Waals surface area contributed by atoms with Gasteiger partial charge in [-0.05, 0) is 24.6 Å². The van der Waals surface area contributed by atoms with Crippen LogP contribution in [0.5, 0.6) is 0 Å². The van der Waals surface area contributed by atoms with Crippen molar-refractivity contribution in [3.05, 3.63) is 28.8 Å². The maximum atomic E-state index is 12.9. The molecule has 8 heteroatoms. The van der Waals surface area contributed by atoms with Crippen LogP contribution in [0.1, 0.15) is 31.7 Å². The Hall–Kier alpha value is -1.63. The zero-order valence-corrected chi connectivity index (χ0v) is 15.0. The van der Waals surface area contributed by atoms with E-state index in [1.807, 2.05) is 0 Å². The Balaban J connectivity index is 1.93. The molecule has 0 radical (unpaired) electrons. The number of unbranched alkanes of at least 4 members (excludes halogenated alkanes) is 2. The molecular formula is C17H23ClF3N3O. The second-order valence-electron chi connectivity index (χ2n) is 6.08. The molecule has 140 valence electrons. The lowest BCUT2D eigenvalue weighted by Crippen LogP contribution is -2.52. The first-order valence-electron chi connectivity index (χ1n) is 8.47. The number of nitrogens with zero attached hydrogens (tertiary/aromatic N) is 2. The standard InChI is InChI=1S/C17H23ClF3N3O/c1-2-3-4-7-22-16(25)24-10-8-23(9-11-24)15-12-13(17(19,20)21)5-6-14(15)18/h5-6,12H,2-4,7-11H2,1H3,(H,22,25). The van der Waals surface area contributed by atoms with Gasteiger partial charge in [0.1, 0.15) is 0 Å². The summed E-state index contributed by atoms with van der Waals surface area (Å²) in [4.78, 5) is 15.6. The van der Waals surface area contributed by atoms with Crippen molar-refractivity contribution < 1.29 is 18.0 Å². The minimum absolute atomic E-state index is 0.120. The number of carbonyl (C=O) groups excluding carboxylic acids is 1. The van der Waals surface area contributed by atoms with E-state index in [-0.39, 0.29) is 11.1 Å². The highest BCUT2D eigenvalue weighted by Crippen LogP contribution is 2.35. The van der Waals surface area contributed by atoms with Crippen LogP contribution in [-0.4, -0.2) is 43.7 Å². The van der Waals surface area contributed by atoms with Gasteiger partial charge in [-0.25, -0.2) is 4.79 Å². The predicted molar refractivity (Wildman–Crippen MR) is 93.2 cm³/mol. The number of hydrogen-bond acceptors (Lipinski definition) is 2. The third-order valence-electron chi connectivity index (χ3n) is 4.24. The molecular weight excluding hydrogens is 355 g/mol. The molecule has 0 unspecified atom stereocenters. The van der Waals surface area contributed by atoms with Crippen molar-refractivity contribution in [2.75, 3.05) is 37.6 Å². The Morgan fingerprint density at radius 1 is 1.20 bits per heavy atom. The molecule has 1 aliphatic rings. The summed E-state index contributed by atoms with van der Waals surface area (Å²) >= 11 is 6.07. The number of benzene rings is 1. The van der Waals surface area contributed by atoms with Crippen LogP contribution in [0.25, 0.3) is 0 Å². The van der Waals surface area contributed by atoms with Gasteiger partial charge in [0.25, 0.3) is 0 Å². The van der Waals surface area contributed by atoms with Gasteiger partial charge in [0.15, 0.2) is 0 Å². The molecule has 2 rings (SSSR count). The summed E-state index contributed by atoms with van der Waals surface area (Å²) in [6.45, 7) is 4.54. The number of nitrogens with one attached hydrogen (secondary N) is 1. The molecule has 0 saturated carbocycles. The van der Waals surface area contributed by atoms with Gasteiger partial charge in [-0.15, -0.1) is 0 Å². The van der Waals surface area contributed by atoms with Gasteiger partial charge in [0, 0.05) is 32.7 Å². The molecule has 0 bridgehead atoms. The lowest BCUT2D eigenvalue weighted by atomic mass is 10.1. The van der Waals surface area contributed by atoms with Crippen molar-refractivity contribution in [1.82, 2.24) is 10.2 Å². The topological polar surface area (TPSA) is 35.6 Å². The number of urea groups is 1. The molecule has 1 fully saturated rings. The number of halogens is 4. The van der Waals surface area contributed by atoms with Crippen molar-refractivity contribution in [2.45, 2.75) is 32.4 Å². The van der Waals surface area contributed by atoms with Crippen LogP contribution in [0, 0.1) is 0 Å². The van der Waals surface area contributed by atoms with Crippen molar-refractivity contribution in [3.8, 4) is 0 Å². The van der Waals surface area contributed by atoms with Crippen LogP contribution in [0.2, 0.25) is 5.02 Å². The zero-order valence-electron chi connectivity index (χ0n) is 14.2. The highest BCUT2D eigenvalue weighted by Gasteiger charge is 2.32. The van der Waals surface area contributed by atoms with Crippen molar-refractivity contribution >= 4 is 23.3 Å². The average Bonchev–Trinajstić information content (AvgIpc) is 2.58. The summed E-state index contributed by atoms with van der Waals surface area (Å²) in [6.07, 6.45) is -1.30. The number of piperazine rings is 1. The number of carbonyl (C=O) groups is 1. The first-order chi connectivity index (χ1) is 11.8. The van der Waals surface area contributed by atoms with Gasteiger partial charge in [-0.1, -0.05) is 31.4 Å². The molecule has 2 amide bonds. The van der Waals surface area contributed by atoms with E-state index in [0.717, 1.165) is 31.4 Å². The van der Waals surface area contributed by atoms with Crippen LogP contribution in [0.3, 0.4) is 0 Å². The number of hydrogen-bond donors (Lipinski definition) is 1. The molecule has 25 heavy (non-hydrogen) atoms. The number of anilines is 1. The lowest BCUT2D eigenvalue weighted by molar-refractivity contribution is -0.137. The molecule has 0 aliphatic carbocycles. The minimum Gasteiger partial charge on any atom is -0.367 e. The molecule has 1 aliphatic heterocycles. The van der Waals surface area contributed by atoms with E-state index in [4.69, 9.17) is 11.6 Å². The normalized spacial score (nSPS) is 15.4. The second kappa shape index (κ2) is 8.65. The summed E-state index contributed by atoms with van der Waals surface area (Å²) in [5, 5.41) is 3.16. The molecule has 1 heterocycles. The molecule has 1 aromatic rings. The van der Waals surface area contributed by atoms with Crippen LogP contribution in [-0.2, 0) is 6.18 Å². The van der Waals surface area contributed by atoms with Crippen molar-refractivity contribution in [2.24, 2.45) is 0 Å². The van der Waals surface area contributed by atoms with Crippen LogP contribution >= 0.6 is 11.6 Å². The van der Waals surface area contributed by atoms with Gasteiger partial charge < -0.3 is 15.1 Å². The lowest BCUT2D eigenvalue weighted by Gasteiger charge is -2.36.